The van der Waals surface area contributed by atoms with Crippen LogP contribution in [0.2, 0.25) is 0 Å². The van der Waals surface area contributed by atoms with Crippen LogP contribution in [-0.2, 0) is 4.79 Å². The number of nitrogens with zero attached hydrogens (tertiary/aromatic N) is 1. The summed E-state index contributed by atoms with van der Waals surface area (Å²) in [6.07, 6.45) is 8.32. The molecule has 12 heavy (non-hydrogen) atoms. The highest BCUT2D eigenvalue weighted by molar-refractivity contribution is 5.38. The maximum atomic E-state index is 10.8. The predicted octanol–water partition coefficient (Wildman–Crippen LogP) is 1.85. The molecule has 0 aliphatic carbocycles. The van der Waals surface area contributed by atoms with Crippen molar-refractivity contribution >= 4 is 6.41 Å². The van der Waals surface area contributed by atoms with Gasteiger partial charge in [-0.2, -0.15) is 0 Å². The fourth-order valence-corrected chi connectivity index (χ4v) is 1.97. The monoisotopic (exact) mass is 169 g/mol. The lowest BCUT2D eigenvalue weighted by Crippen LogP contribution is -2.44. The van der Waals surface area contributed by atoms with Crippen molar-refractivity contribution in [2.45, 2.75) is 39.0 Å². The van der Waals surface area contributed by atoms with Crippen molar-refractivity contribution in [3.63, 3.8) is 0 Å². The normalized spacial score (nSPS) is 21.1. The first kappa shape index (κ1) is 9.72. The molecule has 1 aliphatic heterocycles. The highest BCUT2D eigenvalue weighted by atomic mass is 16.1. The van der Waals surface area contributed by atoms with Gasteiger partial charge < -0.3 is 0 Å². The van der Waals surface area contributed by atoms with Crippen LogP contribution < -0.4 is 0 Å². The van der Waals surface area contributed by atoms with E-state index in [1.165, 1.54) is 32.1 Å². The molecular weight excluding hydrogens is 150 g/mol. The van der Waals surface area contributed by atoms with Gasteiger partial charge in [-0.1, -0.05) is 13.3 Å². The minimum atomic E-state index is 0.625. The molecule has 0 unspecified atom stereocenters. The predicted molar refractivity (Wildman–Crippen MR) is 49.3 cm³/mol. The zero-order valence-electron chi connectivity index (χ0n) is 8.01. The van der Waals surface area contributed by atoms with Crippen molar-refractivity contribution in [3.05, 3.63) is 0 Å². The maximum Gasteiger partial charge on any atom is 0.442 e. The second kappa shape index (κ2) is 4.61. The van der Waals surface area contributed by atoms with Crippen LogP contribution >= 0.6 is 0 Å². The Hall–Kier alpha value is -0.370. The summed E-state index contributed by atoms with van der Waals surface area (Å²) < 4.78 is 0.625. The van der Waals surface area contributed by atoms with Gasteiger partial charge in [0.1, 0.15) is 0 Å². The van der Waals surface area contributed by atoms with Crippen LogP contribution in [0.15, 0.2) is 0 Å². The van der Waals surface area contributed by atoms with Gasteiger partial charge in [0.25, 0.3) is 0 Å². The third-order valence-electron chi connectivity index (χ3n) is 2.81. The first-order valence-corrected chi connectivity index (χ1v) is 5.08. The van der Waals surface area contributed by atoms with Gasteiger partial charge in [0.2, 0.25) is 0 Å². The van der Waals surface area contributed by atoms with E-state index < -0.39 is 0 Å². The first-order chi connectivity index (χ1) is 5.83. The number of quaternary nitrogens is 1. The standard InChI is InChI=1S/C10H19NO/c1-2-3-4-7-11(10-12)8-5-6-9-11/h2-9H2,1H3/q+1. The number of likely N-dealkylation sites (tertiary alicyclic amines) is 1. The molecule has 1 rings (SSSR count). The van der Waals surface area contributed by atoms with E-state index in [0.29, 0.717) is 4.48 Å². The van der Waals surface area contributed by atoms with Gasteiger partial charge in [0.15, 0.2) is 0 Å². The molecule has 0 atom stereocenters. The topological polar surface area (TPSA) is 17.1 Å². The van der Waals surface area contributed by atoms with Crippen LogP contribution in [0.5, 0.6) is 0 Å². The minimum Gasteiger partial charge on any atom is -0.248 e. The summed E-state index contributed by atoms with van der Waals surface area (Å²) in [5.74, 6) is 0. The van der Waals surface area contributed by atoms with E-state index >= 15 is 0 Å². The molecule has 1 heterocycles. The van der Waals surface area contributed by atoms with Crippen LogP contribution in [0.1, 0.15) is 39.0 Å². The molecule has 0 aromatic carbocycles. The number of amides is 1. The van der Waals surface area contributed by atoms with E-state index in [1.54, 1.807) is 0 Å². The zero-order valence-corrected chi connectivity index (χ0v) is 8.01. The molecule has 1 saturated heterocycles. The summed E-state index contributed by atoms with van der Waals surface area (Å²) in [5, 5.41) is 0. The van der Waals surface area contributed by atoms with Gasteiger partial charge in [-0.3, -0.25) is 0 Å². The molecule has 0 aromatic heterocycles. The van der Waals surface area contributed by atoms with Crippen molar-refractivity contribution in [1.82, 2.24) is 0 Å². The van der Waals surface area contributed by atoms with Crippen LogP contribution in [-0.4, -0.2) is 30.5 Å². The lowest BCUT2D eigenvalue weighted by atomic mass is 10.2. The number of hydrogen-bond donors (Lipinski definition) is 0. The fourth-order valence-electron chi connectivity index (χ4n) is 1.97. The quantitative estimate of drug-likeness (QED) is 0.453. The van der Waals surface area contributed by atoms with E-state index in [9.17, 15) is 4.79 Å². The molecule has 69 valence electrons. The molecule has 2 nitrogen and oxygen atoms in total. The fraction of sp³-hybridized carbons (Fsp3) is 0.900. The summed E-state index contributed by atoms with van der Waals surface area (Å²) in [4.78, 5) is 10.8. The average Bonchev–Trinajstić information content (AvgIpc) is 2.55. The van der Waals surface area contributed by atoms with Crippen LogP contribution in [0.3, 0.4) is 0 Å². The van der Waals surface area contributed by atoms with Gasteiger partial charge >= 0.3 is 6.41 Å². The number of hydrogen-bond acceptors (Lipinski definition) is 1. The largest absolute Gasteiger partial charge is 0.442 e. The number of unbranched alkanes of at least 4 members (excludes halogenated alkanes) is 2. The second-order valence-electron chi connectivity index (χ2n) is 3.82. The van der Waals surface area contributed by atoms with E-state index in [1.807, 2.05) is 0 Å². The molecule has 0 N–H and O–H groups in total. The smallest absolute Gasteiger partial charge is 0.248 e. The molecule has 1 radical (unpaired) electrons. The molecule has 0 aromatic rings. The first-order valence-electron chi connectivity index (χ1n) is 5.08. The average molecular weight is 169 g/mol. The van der Waals surface area contributed by atoms with Gasteiger partial charge in [-0.05, 0) is 12.8 Å². The van der Waals surface area contributed by atoms with Gasteiger partial charge in [0, 0.05) is 12.8 Å². The van der Waals surface area contributed by atoms with Gasteiger partial charge in [-0.15, -0.1) is 0 Å². The molecule has 1 fully saturated rings. The van der Waals surface area contributed by atoms with Crippen molar-refractivity contribution < 1.29 is 9.28 Å². The van der Waals surface area contributed by atoms with Gasteiger partial charge in [-0.25, -0.2) is 9.28 Å². The molecule has 2 heteroatoms. The lowest BCUT2D eigenvalue weighted by molar-refractivity contribution is -0.826. The highest BCUT2D eigenvalue weighted by Gasteiger charge is 2.32. The Balaban J connectivity index is 2.29. The van der Waals surface area contributed by atoms with Crippen molar-refractivity contribution in [3.8, 4) is 0 Å². The summed E-state index contributed by atoms with van der Waals surface area (Å²) in [5.41, 5.74) is 0. The summed E-state index contributed by atoms with van der Waals surface area (Å²) in [6.45, 7) is 5.29. The third-order valence-corrected chi connectivity index (χ3v) is 2.81. The number of carbonyl (C=O) groups excluding carboxylic acids is 1. The van der Waals surface area contributed by atoms with E-state index in [0.717, 1.165) is 19.6 Å². The Labute approximate surface area is 75.1 Å². The zero-order chi connectivity index (χ0) is 8.86. The Kier molecular flexibility index (Phi) is 3.73. The maximum absolute atomic E-state index is 10.8. The molecule has 0 spiro atoms. The Bertz CT molecular complexity index is 139. The molecule has 1 amide bonds. The SMILES string of the molecule is CCCCC[N+]1([C]=O)CCCC1. The van der Waals surface area contributed by atoms with Crippen LogP contribution in [0.25, 0.3) is 0 Å². The van der Waals surface area contributed by atoms with Crippen molar-refractivity contribution in [1.29, 1.82) is 0 Å². The van der Waals surface area contributed by atoms with E-state index in [4.69, 9.17) is 0 Å². The minimum absolute atomic E-state index is 0.625. The van der Waals surface area contributed by atoms with Crippen molar-refractivity contribution in [2.24, 2.45) is 0 Å². The summed E-state index contributed by atoms with van der Waals surface area (Å²) >= 11 is 0. The Morgan fingerprint density at radius 2 is 1.92 bits per heavy atom. The molecule has 1 aliphatic rings. The lowest BCUT2D eigenvalue weighted by Gasteiger charge is -2.24. The van der Waals surface area contributed by atoms with Gasteiger partial charge in [0.05, 0.1) is 19.6 Å². The third kappa shape index (κ3) is 2.31. The molecule has 0 bridgehead atoms. The summed E-state index contributed by atoms with van der Waals surface area (Å²) in [7, 11) is 0. The van der Waals surface area contributed by atoms with Crippen LogP contribution in [0, 0.1) is 0 Å². The van der Waals surface area contributed by atoms with Crippen LogP contribution in [0.4, 0.5) is 0 Å². The second-order valence-corrected chi connectivity index (χ2v) is 3.82. The Morgan fingerprint density at radius 1 is 1.25 bits per heavy atom. The molecule has 0 saturated carbocycles. The molecular formula is C10H19NO+. The Morgan fingerprint density at radius 3 is 2.42 bits per heavy atom. The van der Waals surface area contributed by atoms with Crippen molar-refractivity contribution in [2.75, 3.05) is 19.6 Å². The number of rotatable bonds is 5. The van der Waals surface area contributed by atoms with E-state index in [2.05, 4.69) is 13.3 Å². The summed E-state index contributed by atoms with van der Waals surface area (Å²) in [6, 6.07) is 0. The highest BCUT2D eigenvalue weighted by Crippen LogP contribution is 2.17. The van der Waals surface area contributed by atoms with E-state index in [-0.39, 0.29) is 0 Å².